The van der Waals surface area contributed by atoms with Crippen LogP contribution in [0, 0.1) is 0 Å². The lowest BCUT2D eigenvalue weighted by Gasteiger charge is -1.95. The molecular formula is C9H13Si. The van der Waals surface area contributed by atoms with Gasteiger partial charge in [-0.15, -0.1) is 0 Å². The van der Waals surface area contributed by atoms with Crippen molar-refractivity contribution < 1.29 is 0 Å². The highest BCUT2D eigenvalue weighted by Crippen LogP contribution is 1.98. The first-order valence-electron chi connectivity index (χ1n) is 3.79. The van der Waals surface area contributed by atoms with Gasteiger partial charge in [-0.1, -0.05) is 48.9 Å². The highest BCUT2D eigenvalue weighted by Gasteiger charge is 1.88. The Balaban J connectivity index is 2.43. The zero-order valence-electron chi connectivity index (χ0n) is 6.38. The summed E-state index contributed by atoms with van der Waals surface area (Å²) in [5.74, 6) is 0. The van der Waals surface area contributed by atoms with Gasteiger partial charge in [0.05, 0.1) is 0 Å². The molecule has 53 valence electrons. The van der Waals surface area contributed by atoms with Gasteiger partial charge in [-0.05, 0) is 6.04 Å². The average molecular weight is 149 g/mol. The number of rotatable bonds is 3. The van der Waals surface area contributed by atoms with E-state index in [-0.39, 0.29) is 0 Å². The van der Waals surface area contributed by atoms with Gasteiger partial charge in [-0.3, -0.25) is 0 Å². The molecule has 0 aliphatic carbocycles. The number of hydrogen-bond donors (Lipinski definition) is 0. The van der Waals surface area contributed by atoms with Crippen LogP contribution in [0.2, 0.25) is 6.04 Å². The van der Waals surface area contributed by atoms with Crippen molar-refractivity contribution in [2.75, 3.05) is 0 Å². The quantitative estimate of drug-likeness (QED) is 0.577. The Hall–Kier alpha value is -0.563. The second-order valence-electron chi connectivity index (χ2n) is 2.39. The van der Waals surface area contributed by atoms with Gasteiger partial charge in [0.1, 0.15) is 0 Å². The Morgan fingerprint density at radius 3 is 2.50 bits per heavy atom. The molecule has 0 aliphatic rings. The fourth-order valence-electron chi connectivity index (χ4n) is 0.925. The number of hydrogen-bond acceptors (Lipinski definition) is 0. The maximum Gasteiger partial charge on any atom is 0.0327 e. The average Bonchev–Trinajstić information content (AvgIpc) is 2.03. The summed E-state index contributed by atoms with van der Waals surface area (Å²) >= 11 is 0. The van der Waals surface area contributed by atoms with Crippen LogP contribution in [0.1, 0.15) is 12.5 Å². The maximum absolute atomic E-state index is 2.26. The molecular weight excluding hydrogens is 136 g/mol. The first kappa shape index (κ1) is 7.54. The molecule has 0 unspecified atom stereocenters. The van der Waals surface area contributed by atoms with Crippen molar-refractivity contribution in [1.82, 2.24) is 0 Å². The van der Waals surface area contributed by atoms with E-state index >= 15 is 0 Å². The van der Waals surface area contributed by atoms with E-state index in [1.54, 1.807) is 0 Å². The molecule has 0 fully saturated rings. The zero-order chi connectivity index (χ0) is 7.23. The molecule has 0 aliphatic heterocycles. The monoisotopic (exact) mass is 149 g/mol. The summed E-state index contributed by atoms with van der Waals surface area (Å²) in [5, 5.41) is 0. The number of benzene rings is 1. The van der Waals surface area contributed by atoms with Crippen LogP contribution in [0.15, 0.2) is 30.3 Å². The molecule has 1 radical (unpaired) electrons. The molecule has 0 atom stereocenters. The standard InChI is InChI=1S/C9H13Si/c1-2-10-8-9-6-4-3-5-7-9/h3-7,10H,2,8H2,1H3. The van der Waals surface area contributed by atoms with Gasteiger partial charge in [0.25, 0.3) is 0 Å². The van der Waals surface area contributed by atoms with Crippen LogP contribution in [0.3, 0.4) is 0 Å². The van der Waals surface area contributed by atoms with Gasteiger partial charge in [0.2, 0.25) is 0 Å². The molecule has 1 aromatic rings. The van der Waals surface area contributed by atoms with Gasteiger partial charge < -0.3 is 0 Å². The minimum atomic E-state index is 0.658. The van der Waals surface area contributed by atoms with Crippen LogP contribution < -0.4 is 0 Å². The normalized spacial score (nSPS) is 9.70. The molecule has 1 aromatic carbocycles. The van der Waals surface area contributed by atoms with Crippen LogP contribution in [0.4, 0.5) is 0 Å². The minimum absolute atomic E-state index is 0.658. The van der Waals surface area contributed by atoms with Crippen molar-refractivity contribution in [2.24, 2.45) is 0 Å². The Kier molecular flexibility index (Phi) is 3.23. The second-order valence-corrected chi connectivity index (χ2v) is 4.19. The van der Waals surface area contributed by atoms with E-state index in [0.29, 0.717) is 9.52 Å². The summed E-state index contributed by atoms with van der Waals surface area (Å²) in [6, 6.07) is 13.4. The largest absolute Gasteiger partial charge is 0.0682 e. The molecule has 0 saturated heterocycles. The van der Waals surface area contributed by atoms with Crippen molar-refractivity contribution >= 4 is 9.52 Å². The summed E-state index contributed by atoms with van der Waals surface area (Å²) in [4.78, 5) is 0. The predicted molar refractivity (Wildman–Crippen MR) is 47.8 cm³/mol. The van der Waals surface area contributed by atoms with E-state index in [9.17, 15) is 0 Å². The van der Waals surface area contributed by atoms with Crippen LogP contribution in [-0.4, -0.2) is 9.52 Å². The summed E-state index contributed by atoms with van der Waals surface area (Å²) in [7, 11) is 0.658. The van der Waals surface area contributed by atoms with Crippen molar-refractivity contribution in [3.05, 3.63) is 35.9 Å². The van der Waals surface area contributed by atoms with Crippen molar-refractivity contribution in [1.29, 1.82) is 0 Å². The van der Waals surface area contributed by atoms with E-state index < -0.39 is 0 Å². The Labute approximate surface area is 65.1 Å². The molecule has 0 heterocycles. The smallest absolute Gasteiger partial charge is 0.0327 e. The van der Waals surface area contributed by atoms with E-state index in [0.717, 1.165) is 0 Å². The summed E-state index contributed by atoms with van der Waals surface area (Å²) in [6.45, 7) is 2.26. The summed E-state index contributed by atoms with van der Waals surface area (Å²) in [5.41, 5.74) is 1.50. The molecule has 1 rings (SSSR count). The van der Waals surface area contributed by atoms with E-state index in [1.807, 2.05) is 0 Å². The van der Waals surface area contributed by atoms with E-state index in [4.69, 9.17) is 0 Å². The lowest BCUT2D eigenvalue weighted by atomic mass is 10.2. The summed E-state index contributed by atoms with van der Waals surface area (Å²) < 4.78 is 0. The lowest BCUT2D eigenvalue weighted by molar-refractivity contribution is 1.33. The maximum atomic E-state index is 2.26. The van der Waals surface area contributed by atoms with Gasteiger partial charge >= 0.3 is 0 Å². The van der Waals surface area contributed by atoms with Crippen molar-refractivity contribution in [3.63, 3.8) is 0 Å². The lowest BCUT2D eigenvalue weighted by Crippen LogP contribution is -1.92. The third kappa shape index (κ3) is 2.36. The van der Waals surface area contributed by atoms with E-state index in [1.165, 1.54) is 17.7 Å². The van der Waals surface area contributed by atoms with Crippen LogP contribution in [0.5, 0.6) is 0 Å². The molecule has 10 heavy (non-hydrogen) atoms. The fourth-order valence-corrected chi connectivity index (χ4v) is 1.82. The van der Waals surface area contributed by atoms with Gasteiger partial charge in [0.15, 0.2) is 0 Å². The van der Waals surface area contributed by atoms with Crippen LogP contribution >= 0.6 is 0 Å². The van der Waals surface area contributed by atoms with Crippen molar-refractivity contribution in [3.8, 4) is 0 Å². The molecule has 0 amide bonds. The molecule has 0 nitrogen and oxygen atoms in total. The fraction of sp³-hybridized carbons (Fsp3) is 0.333. The van der Waals surface area contributed by atoms with Gasteiger partial charge in [-0.25, -0.2) is 0 Å². The molecule has 0 saturated carbocycles. The second kappa shape index (κ2) is 4.28. The minimum Gasteiger partial charge on any atom is -0.0682 e. The SMILES string of the molecule is CC[SiH]Cc1ccccc1. The first-order chi connectivity index (χ1) is 4.93. The highest BCUT2D eigenvalue weighted by molar-refractivity contribution is 6.34. The predicted octanol–water partition coefficient (Wildman–Crippen LogP) is 2.06. The topological polar surface area (TPSA) is 0 Å². The first-order valence-corrected chi connectivity index (χ1v) is 5.42. The van der Waals surface area contributed by atoms with Crippen LogP contribution in [0.25, 0.3) is 0 Å². The highest BCUT2D eigenvalue weighted by atomic mass is 28.2. The molecule has 0 bridgehead atoms. The van der Waals surface area contributed by atoms with Gasteiger partial charge in [-0.2, -0.15) is 0 Å². The molecule has 0 N–H and O–H groups in total. The third-order valence-electron chi connectivity index (χ3n) is 1.51. The van der Waals surface area contributed by atoms with E-state index in [2.05, 4.69) is 37.3 Å². The zero-order valence-corrected chi connectivity index (χ0v) is 7.53. The molecule has 1 heteroatoms. The Bertz CT molecular complexity index is 169. The Morgan fingerprint density at radius 1 is 1.20 bits per heavy atom. The summed E-state index contributed by atoms with van der Waals surface area (Å²) in [6.07, 6.45) is 0. The van der Waals surface area contributed by atoms with Crippen molar-refractivity contribution in [2.45, 2.75) is 19.0 Å². The molecule has 0 aromatic heterocycles. The third-order valence-corrected chi connectivity index (χ3v) is 2.85. The Morgan fingerprint density at radius 2 is 1.90 bits per heavy atom. The van der Waals surface area contributed by atoms with Crippen LogP contribution in [-0.2, 0) is 6.04 Å². The molecule has 0 spiro atoms. The van der Waals surface area contributed by atoms with Gasteiger partial charge in [0, 0.05) is 9.52 Å².